The molecular formula is C15H18O3. The molecule has 2 bridgehead atoms. The summed E-state index contributed by atoms with van der Waals surface area (Å²) < 4.78 is 17.7. The summed E-state index contributed by atoms with van der Waals surface area (Å²) in [6.07, 6.45) is 3.14. The van der Waals surface area contributed by atoms with Gasteiger partial charge >= 0.3 is 0 Å². The fourth-order valence-electron chi connectivity index (χ4n) is 3.64. The largest absolute Gasteiger partial charge is 0.374 e. The predicted octanol–water partition coefficient (Wildman–Crippen LogP) is 2.35. The Hall–Kier alpha value is -0.900. The first-order valence-corrected chi connectivity index (χ1v) is 6.84. The van der Waals surface area contributed by atoms with Crippen LogP contribution in [0.25, 0.3) is 0 Å². The maximum Gasteiger partial charge on any atom is 0.163 e. The summed E-state index contributed by atoms with van der Waals surface area (Å²) in [5.41, 5.74) is 1.20. The van der Waals surface area contributed by atoms with Crippen molar-refractivity contribution in [2.24, 2.45) is 11.8 Å². The number of ether oxygens (including phenoxy) is 3. The fourth-order valence-corrected chi connectivity index (χ4v) is 3.64. The van der Waals surface area contributed by atoms with E-state index < -0.39 is 0 Å². The van der Waals surface area contributed by atoms with Gasteiger partial charge in [-0.2, -0.15) is 0 Å². The molecule has 0 saturated carbocycles. The highest BCUT2D eigenvalue weighted by molar-refractivity contribution is 5.13. The van der Waals surface area contributed by atoms with E-state index in [9.17, 15) is 0 Å². The normalized spacial score (nSPS) is 41.2. The van der Waals surface area contributed by atoms with Crippen LogP contribution in [-0.2, 0) is 20.8 Å². The molecule has 0 aromatic heterocycles. The molecule has 1 unspecified atom stereocenters. The lowest BCUT2D eigenvalue weighted by molar-refractivity contribution is -0.153. The third kappa shape index (κ3) is 1.69. The number of benzene rings is 1. The van der Waals surface area contributed by atoms with Gasteiger partial charge in [-0.05, 0) is 18.4 Å². The van der Waals surface area contributed by atoms with Crippen LogP contribution in [0.15, 0.2) is 30.3 Å². The molecule has 0 aliphatic carbocycles. The van der Waals surface area contributed by atoms with Crippen molar-refractivity contribution in [3.63, 3.8) is 0 Å². The Kier molecular flexibility index (Phi) is 2.64. The zero-order chi connectivity index (χ0) is 11.9. The lowest BCUT2D eigenvalue weighted by atomic mass is 9.81. The summed E-state index contributed by atoms with van der Waals surface area (Å²) in [6, 6.07) is 10.3. The number of hydrogen-bond donors (Lipinski definition) is 0. The summed E-state index contributed by atoms with van der Waals surface area (Å²) in [6.45, 7) is 1.44. The van der Waals surface area contributed by atoms with Crippen molar-refractivity contribution in [1.82, 2.24) is 0 Å². The minimum atomic E-state index is -0.0643. The van der Waals surface area contributed by atoms with Crippen LogP contribution in [0, 0.1) is 11.8 Å². The molecule has 96 valence electrons. The molecule has 0 N–H and O–H groups in total. The van der Waals surface area contributed by atoms with Gasteiger partial charge in [-0.15, -0.1) is 0 Å². The van der Waals surface area contributed by atoms with Crippen molar-refractivity contribution in [3.05, 3.63) is 35.9 Å². The second-order valence-corrected chi connectivity index (χ2v) is 5.53. The Morgan fingerprint density at radius 3 is 2.83 bits per heavy atom. The molecule has 0 radical (unpaired) electrons. The molecule has 3 saturated heterocycles. The first-order valence-electron chi connectivity index (χ1n) is 6.84. The minimum Gasteiger partial charge on any atom is -0.374 e. The monoisotopic (exact) mass is 246 g/mol. The van der Waals surface area contributed by atoms with Crippen LogP contribution in [0.4, 0.5) is 0 Å². The lowest BCUT2D eigenvalue weighted by Gasteiger charge is -2.23. The summed E-state index contributed by atoms with van der Waals surface area (Å²) in [4.78, 5) is 0. The summed E-state index contributed by atoms with van der Waals surface area (Å²) in [5.74, 6) is 1.04. The zero-order valence-electron chi connectivity index (χ0n) is 10.3. The van der Waals surface area contributed by atoms with Crippen molar-refractivity contribution in [3.8, 4) is 0 Å². The maximum absolute atomic E-state index is 5.96. The van der Waals surface area contributed by atoms with Crippen molar-refractivity contribution >= 4 is 0 Å². The Morgan fingerprint density at radius 2 is 1.94 bits per heavy atom. The van der Waals surface area contributed by atoms with Gasteiger partial charge in [0.25, 0.3) is 0 Å². The van der Waals surface area contributed by atoms with Crippen LogP contribution >= 0.6 is 0 Å². The van der Waals surface area contributed by atoms with Crippen molar-refractivity contribution in [2.75, 3.05) is 6.61 Å². The van der Waals surface area contributed by atoms with Gasteiger partial charge in [-0.3, -0.25) is 0 Å². The highest BCUT2D eigenvalue weighted by atomic mass is 16.7. The van der Waals surface area contributed by atoms with Gasteiger partial charge in [0.15, 0.2) is 6.29 Å². The van der Waals surface area contributed by atoms with Crippen LogP contribution in [0.5, 0.6) is 0 Å². The Bertz CT molecular complexity index is 419. The quantitative estimate of drug-likeness (QED) is 0.819. The first-order chi connectivity index (χ1) is 8.92. The maximum atomic E-state index is 5.96. The molecule has 3 fully saturated rings. The van der Waals surface area contributed by atoms with Crippen LogP contribution < -0.4 is 0 Å². The molecule has 3 heterocycles. The average Bonchev–Trinajstić information content (AvgIpc) is 3.11. The first kappa shape index (κ1) is 11.0. The Labute approximate surface area is 107 Å². The van der Waals surface area contributed by atoms with Gasteiger partial charge < -0.3 is 14.2 Å². The molecule has 5 atom stereocenters. The topological polar surface area (TPSA) is 27.7 Å². The molecule has 3 nitrogen and oxygen atoms in total. The summed E-state index contributed by atoms with van der Waals surface area (Å²) in [5, 5.41) is 0. The van der Waals surface area contributed by atoms with E-state index in [0.717, 1.165) is 6.61 Å². The van der Waals surface area contributed by atoms with Crippen molar-refractivity contribution < 1.29 is 14.2 Å². The molecule has 1 aromatic carbocycles. The summed E-state index contributed by atoms with van der Waals surface area (Å²) >= 11 is 0. The molecule has 1 aromatic rings. The third-order valence-corrected chi connectivity index (χ3v) is 4.51. The smallest absolute Gasteiger partial charge is 0.163 e. The van der Waals surface area contributed by atoms with E-state index in [-0.39, 0.29) is 6.29 Å². The minimum absolute atomic E-state index is 0.0643. The highest BCUT2D eigenvalue weighted by Gasteiger charge is 2.56. The van der Waals surface area contributed by atoms with Crippen LogP contribution in [-0.4, -0.2) is 25.1 Å². The second-order valence-electron chi connectivity index (χ2n) is 5.53. The van der Waals surface area contributed by atoms with E-state index in [1.165, 1.54) is 18.4 Å². The fraction of sp³-hybridized carbons (Fsp3) is 0.600. The van der Waals surface area contributed by atoms with Crippen molar-refractivity contribution in [2.45, 2.75) is 37.9 Å². The Morgan fingerprint density at radius 1 is 1.11 bits per heavy atom. The summed E-state index contributed by atoms with van der Waals surface area (Å²) in [7, 11) is 0. The molecule has 4 rings (SSSR count). The van der Waals surface area contributed by atoms with E-state index in [2.05, 4.69) is 12.1 Å². The van der Waals surface area contributed by atoms with E-state index in [0.29, 0.717) is 30.7 Å². The standard InChI is InChI=1S/C15H18O3/c1-2-4-10(5-3-1)8-16-15-14-11(9-17-15)12-6-7-13(14)18-12/h1-5,11-15H,6-9H2/t11-,12+,13-,14-,15?/m0/s1. The van der Waals surface area contributed by atoms with E-state index in [1.54, 1.807) is 0 Å². The van der Waals surface area contributed by atoms with Gasteiger partial charge in [0.2, 0.25) is 0 Å². The van der Waals surface area contributed by atoms with Crippen molar-refractivity contribution in [1.29, 1.82) is 0 Å². The number of fused-ring (bicyclic) bond motifs is 5. The molecule has 3 aliphatic rings. The molecule has 3 aliphatic heterocycles. The van der Waals surface area contributed by atoms with Gasteiger partial charge in [-0.25, -0.2) is 0 Å². The molecular weight excluding hydrogens is 228 g/mol. The highest BCUT2D eigenvalue weighted by Crippen LogP contribution is 2.49. The van der Waals surface area contributed by atoms with Gasteiger partial charge in [-0.1, -0.05) is 30.3 Å². The predicted molar refractivity (Wildman–Crippen MR) is 65.8 cm³/mol. The van der Waals surface area contributed by atoms with E-state index >= 15 is 0 Å². The van der Waals surface area contributed by atoms with E-state index in [1.807, 2.05) is 18.2 Å². The molecule has 3 heteroatoms. The Balaban J connectivity index is 1.41. The van der Waals surface area contributed by atoms with Crippen LogP contribution in [0.3, 0.4) is 0 Å². The lowest BCUT2D eigenvalue weighted by Crippen LogP contribution is -2.32. The molecule has 0 amide bonds. The molecule has 18 heavy (non-hydrogen) atoms. The second kappa shape index (κ2) is 4.34. The third-order valence-electron chi connectivity index (χ3n) is 4.51. The SMILES string of the molecule is c1ccc(COC2OC[C@@H]3[C@H]2[C@@H]2CC[C@H]3O2)cc1. The molecule has 0 spiro atoms. The zero-order valence-corrected chi connectivity index (χ0v) is 10.3. The van der Waals surface area contributed by atoms with Crippen LogP contribution in [0.2, 0.25) is 0 Å². The van der Waals surface area contributed by atoms with Gasteiger partial charge in [0.05, 0.1) is 25.4 Å². The number of rotatable bonds is 3. The van der Waals surface area contributed by atoms with Crippen LogP contribution in [0.1, 0.15) is 18.4 Å². The average molecular weight is 246 g/mol. The van der Waals surface area contributed by atoms with Gasteiger partial charge in [0, 0.05) is 11.8 Å². The van der Waals surface area contributed by atoms with E-state index in [4.69, 9.17) is 14.2 Å². The van der Waals surface area contributed by atoms with Gasteiger partial charge in [0.1, 0.15) is 0 Å². The number of hydrogen-bond acceptors (Lipinski definition) is 3.